The minimum atomic E-state index is -3.01. The van der Waals surface area contributed by atoms with Gasteiger partial charge in [0.2, 0.25) is 0 Å². The van der Waals surface area contributed by atoms with Gasteiger partial charge in [-0.1, -0.05) is 29.5 Å². The monoisotopic (exact) mass is 361 g/mol. The normalized spacial score (nSPS) is 10.7. The minimum absolute atomic E-state index is 0.00930. The molecule has 0 radical (unpaired) electrons. The first-order chi connectivity index (χ1) is 12.0. The number of thiazole rings is 1. The second-order valence-electron chi connectivity index (χ2n) is 4.98. The predicted molar refractivity (Wildman–Crippen MR) is 91.1 cm³/mol. The van der Waals surface area contributed by atoms with Gasteiger partial charge in [-0.25, -0.2) is 4.98 Å². The van der Waals surface area contributed by atoms with Crippen molar-refractivity contribution in [3.8, 4) is 16.3 Å². The Morgan fingerprint density at radius 3 is 2.68 bits per heavy atom. The van der Waals surface area contributed by atoms with Crippen LogP contribution < -0.4 is 10.1 Å². The van der Waals surface area contributed by atoms with E-state index in [1.807, 2.05) is 25.1 Å². The van der Waals surface area contributed by atoms with Gasteiger partial charge in [-0.05, 0) is 31.2 Å². The molecule has 1 amide bonds. The molecular formula is C17H13F2N3O2S. The lowest BCUT2D eigenvalue weighted by atomic mass is 10.2. The Hall–Kier alpha value is -2.87. The van der Waals surface area contributed by atoms with E-state index in [-0.39, 0.29) is 11.3 Å². The fourth-order valence-corrected chi connectivity index (χ4v) is 3.14. The highest BCUT2D eigenvalue weighted by Gasteiger charge is 2.18. The zero-order valence-electron chi connectivity index (χ0n) is 13.1. The van der Waals surface area contributed by atoms with E-state index in [1.54, 1.807) is 12.3 Å². The summed E-state index contributed by atoms with van der Waals surface area (Å²) in [5, 5.41) is 2.98. The van der Waals surface area contributed by atoms with Gasteiger partial charge in [-0.2, -0.15) is 8.78 Å². The molecule has 1 aromatic carbocycles. The molecule has 25 heavy (non-hydrogen) atoms. The summed E-state index contributed by atoms with van der Waals surface area (Å²) in [5.41, 5.74) is 1.48. The van der Waals surface area contributed by atoms with Gasteiger partial charge < -0.3 is 4.74 Å². The molecule has 0 spiro atoms. The number of carbonyl (C=O) groups excluding carboxylic acids is 1. The van der Waals surface area contributed by atoms with Crippen molar-refractivity contribution in [2.45, 2.75) is 13.5 Å². The smallest absolute Gasteiger partial charge is 0.387 e. The molecule has 0 unspecified atom stereocenters. The molecule has 0 fully saturated rings. The van der Waals surface area contributed by atoms with Crippen molar-refractivity contribution in [2.24, 2.45) is 0 Å². The van der Waals surface area contributed by atoms with Gasteiger partial charge in [0.25, 0.3) is 5.91 Å². The average Bonchev–Trinajstić information content (AvgIpc) is 2.96. The number of ether oxygens (including phenoxy) is 1. The van der Waals surface area contributed by atoms with Gasteiger partial charge in [0.15, 0.2) is 5.13 Å². The van der Waals surface area contributed by atoms with Crippen LogP contribution in [0.15, 0.2) is 48.7 Å². The van der Waals surface area contributed by atoms with Crippen LogP contribution in [0.1, 0.15) is 16.1 Å². The van der Waals surface area contributed by atoms with Crippen LogP contribution in [0, 0.1) is 6.92 Å². The van der Waals surface area contributed by atoms with Crippen molar-refractivity contribution in [1.29, 1.82) is 0 Å². The number of hydrogen-bond donors (Lipinski definition) is 1. The summed E-state index contributed by atoms with van der Waals surface area (Å²) in [5.74, 6) is -0.759. The fraction of sp³-hybridized carbons (Fsp3) is 0.118. The first-order valence-corrected chi connectivity index (χ1v) is 8.10. The topological polar surface area (TPSA) is 64.1 Å². The number of hydrogen-bond acceptors (Lipinski definition) is 5. The second-order valence-corrected chi connectivity index (χ2v) is 5.98. The SMILES string of the molecule is Cc1nc(NC(=O)c2ccccc2OC(F)F)sc1-c1ccccn1. The maximum Gasteiger partial charge on any atom is 0.387 e. The number of aromatic nitrogens is 2. The number of carbonyl (C=O) groups is 1. The molecule has 8 heteroatoms. The van der Waals surface area contributed by atoms with Crippen molar-refractivity contribution >= 4 is 22.4 Å². The summed E-state index contributed by atoms with van der Waals surface area (Å²) in [6.07, 6.45) is 1.67. The molecule has 0 saturated carbocycles. The van der Waals surface area contributed by atoms with Gasteiger partial charge in [-0.15, -0.1) is 0 Å². The zero-order chi connectivity index (χ0) is 17.8. The third-order valence-corrected chi connectivity index (χ3v) is 4.36. The van der Waals surface area contributed by atoms with Crippen LogP contribution in [0.3, 0.4) is 0 Å². The fourth-order valence-electron chi connectivity index (χ4n) is 2.20. The molecule has 0 saturated heterocycles. The molecule has 0 bridgehead atoms. The Labute approximate surface area is 146 Å². The third-order valence-electron chi connectivity index (χ3n) is 3.26. The third kappa shape index (κ3) is 3.97. The summed E-state index contributed by atoms with van der Waals surface area (Å²) in [6, 6.07) is 11.3. The number of halogens is 2. The highest BCUT2D eigenvalue weighted by Crippen LogP contribution is 2.32. The molecule has 5 nitrogen and oxygen atoms in total. The van der Waals surface area contributed by atoms with E-state index in [4.69, 9.17) is 0 Å². The molecular weight excluding hydrogens is 348 g/mol. The molecule has 0 aliphatic rings. The van der Waals surface area contributed by atoms with Crippen molar-refractivity contribution < 1.29 is 18.3 Å². The zero-order valence-corrected chi connectivity index (χ0v) is 13.9. The number of nitrogens with one attached hydrogen (secondary N) is 1. The summed E-state index contributed by atoms with van der Waals surface area (Å²) < 4.78 is 29.3. The molecule has 3 rings (SSSR count). The van der Waals surface area contributed by atoms with Crippen LogP contribution in [0.2, 0.25) is 0 Å². The molecule has 2 aromatic heterocycles. The first-order valence-electron chi connectivity index (χ1n) is 7.28. The summed E-state index contributed by atoms with van der Waals surface area (Å²) in [7, 11) is 0. The number of pyridine rings is 1. The number of rotatable bonds is 5. The van der Waals surface area contributed by atoms with Crippen LogP contribution >= 0.6 is 11.3 Å². The Bertz CT molecular complexity index is 885. The van der Waals surface area contributed by atoms with Gasteiger partial charge in [0.1, 0.15) is 5.75 Å². The quantitative estimate of drug-likeness (QED) is 0.733. The second kappa shape index (κ2) is 7.35. The number of para-hydroxylation sites is 1. The number of aryl methyl sites for hydroxylation is 1. The van der Waals surface area contributed by atoms with E-state index in [0.717, 1.165) is 16.3 Å². The van der Waals surface area contributed by atoms with Crippen LogP contribution in [-0.4, -0.2) is 22.5 Å². The first kappa shape index (κ1) is 17.0. The number of alkyl halides is 2. The molecule has 0 aliphatic carbocycles. The lowest BCUT2D eigenvalue weighted by molar-refractivity contribution is -0.0501. The van der Waals surface area contributed by atoms with Gasteiger partial charge >= 0.3 is 6.61 Å². The lowest BCUT2D eigenvalue weighted by Crippen LogP contribution is -2.14. The van der Waals surface area contributed by atoms with E-state index in [1.165, 1.54) is 29.5 Å². The van der Waals surface area contributed by atoms with Gasteiger partial charge in [-0.3, -0.25) is 15.1 Å². The van der Waals surface area contributed by atoms with Crippen molar-refractivity contribution in [1.82, 2.24) is 9.97 Å². The van der Waals surface area contributed by atoms with Gasteiger partial charge in [0.05, 0.1) is 21.8 Å². The Morgan fingerprint density at radius 1 is 1.20 bits per heavy atom. The Morgan fingerprint density at radius 2 is 1.96 bits per heavy atom. The summed E-state index contributed by atoms with van der Waals surface area (Å²) in [6.45, 7) is -1.20. The maximum atomic E-state index is 12.5. The molecule has 1 N–H and O–H groups in total. The molecule has 3 aromatic rings. The van der Waals surface area contributed by atoms with Crippen LogP contribution in [-0.2, 0) is 0 Å². The number of benzene rings is 1. The lowest BCUT2D eigenvalue weighted by Gasteiger charge is -2.09. The van der Waals surface area contributed by atoms with Crippen molar-refractivity contribution in [2.75, 3.05) is 5.32 Å². The minimum Gasteiger partial charge on any atom is -0.434 e. The van der Waals surface area contributed by atoms with Crippen LogP contribution in [0.4, 0.5) is 13.9 Å². The maximum absolute atomic E-state index is 12.5. The Kier molecular flexibility index (Phi) is 4.99. The van der Waals surface area contributed by atoms with E-state index in [0.29, 0.717) is 5.13 Å². The number of anilines is 1. The summed E-state index contributed by atoms with van der Waals surface area (Å²) >= 11 is 1.26. The largest absolute Gasteiger partial charge is 0.434 e. The number of amides is 1. The van der Waals surface area contributed by atoms with Crippen LogP contribution in [0.25, 0.3) is 10.6 Å². The highest BCUT2D eigenvalue weighted by molar-refractivity contribution is 7.19. The van der Waals surface area contributed by atoms with E-state index in [2.05, 4.69) is 20.0 Å². The highest BCUT2D eigenvalue weighted by atomic mass is 32.1. The average molecular weight is 361 g/mol. The standard InChI is InChI=1S/C17H13F2N3O2S/c1-10-14(12-7-4-5-9-20-12)25-17(21-10)22-15(23)11-6-2-3-8-13(11)24-16(18)19/h2-9,16H,1H3,(H,21,22,23). The molecule has 0 atom stereocenters. The predicted octanol–water partition coefficient (Wildman–Crippen LogP) is 4.37. The molecule has 2 heterocycles. The van der Waals surface area contributed by atoms with Gasteiger partial charge in [0, 0.05) is 6.20 Å². The van der Waals surface area contributed by atoms with Crippen LogP contribution in [0.5, 0.6) is 5.75 Å². The van der Waals surface area contributed by atoms with Crippen molar-refractivity contribution in [3.63, 3.8) is 0 Å². The number of nitrogens with zero attached hydrogens (tertiary/aromatic N) is 2. The van der Waals surface area contributed by atoms with Crippen molar-refractivity contribution in [3.05, 3.63) is 59.9 Å². The van der Waals surface area contributed by atoms with E-state index < -0.39 is 12.5 Å². The Balaban J connectivity index is 1.83. The summed E-state index contributed by atoms with van der Waals surface area (Å²) in [4.78, 5) is 21.8. The molecule has 128 valence electrons. The van der Waals surface area contributed by atoms with E-state index in [9.17, 15) is 13.6 Å². The molecule has 0 aliphatic heterocycles. The van der Waals surface area contributed by atoms with E-state index >= 15 is 0 Å².